The van der Waals surface area contributed by atoms with Crippen LogP contribution >= 0.6 is 0 Å². The van der Waals surface area contributed by atoms with Crippen LogP contribution in [0.1, 0.15) is 114 Å². The van der Waals surface area contributed by atoms with Crippen molar-refractivity contribution in [2.45, 2.75) is 123 Å². The zero-order valence-corrected chi connectivity index (χ0v) is 21.5. The first-order chi connectivity index (χ1) is 15.5. The number of nitrogens with one attached hydrogen (secondary N) is 1. The van der Waals surface area contributed by atoms with Crippen LogP contribution in [-0.2, 0) is 12.8 Å². The zero-order chi connectivity index (χ0) is 22.9. The summed E-state index contributed by atoms with van der Waals surface area (Å²) < 4.78 is 15.1. The third kappa shape index (κ3) is 7.31. The summed E-state index contributed by atoms with van der Waals surface area (Å²) in [6.07, 6.45) is 19.2. The maximum absolute atomic E-state index is 15.1. The molecule has 0 radical (unpaired) electrons. The Morgan fingerprint density at radius 2 is 1.62 bits per heavy atom. The average Bonchev–Trinajstić information content (AvgIpc) is 2.82. The number of benzene rings is 1. The highest BCUT2D eigenvalue weighted by Gasteiger charge is 2.26. The quantitative estimate of drug-likeness (QED) is 0.362. The lowest BCUT2D eigenvalue weighted by Gasteiger charge is -2.34. The van der Waals surface area contributed by atoms with Gasteiger partial charge in [-0.25, -0.2) is 4.39 Å². The van der Waals surface area contributed by atoms with Crippen molar-refractivity contribution in [1.29, 1.82) is 0 Å². The molecule has 0 heterocycles. The predicted octanol–water partition coefficient (Wildman–Crippen LogP) is 8.41. The molecule has 32 heavy (non-hydrogen) atoms. The van der Waals surface area contributed by atoms with Crippen LogP contribution in [0.15, 0.2) is 12.1 Å². The van der Waals surface area contributed by atoms with E-state index in [0.717, 1.165) is 60.1 Å². The summed E-state index contributed by atoms with van der Waals surface area (Å²) in [7, 11) is 2.11. The molecule has 182 valence electrons. The Hall–Kier alpha value is -0.890. The highest BCUT2D eigenvalue weighted by molar-refractivity contribution is 5.33. The molecule has 2 saturated carbocycles. The number of aryl methyl sites for hydroxylation is 2. The average molecular weight is 444 g/mol. The lowest BCUT2D eigenvalue weighted by atomic mass is 9.74. The topological polar surface area (TPSA) is 12.0 Å². The Kier molecular flexibility index (Phi) is 10.5. The van der Waals surface area contributed by atoms with Crippen molar-refractivity contribution in [2.24, 2.45) is 23.7 Å². The van der Waals surface area contributed by atoms with Crippen molar-refractivity contribution in [3.05, 3.63) is 34.6 Å². The number of halogens is 1. The van der Waals surface area contributed by atoms with E-state index in [1.54, 1.807) is 0 Å². The summed E-state index contributed by atoms with van der Waals surface area (Å²) in [4.78, 5) is 0. The Labute approximate surface area is 198 Å². The number of hydrogen-bond donors (Lipinski definition) is 1. The van der Waals surface area contributed by atoms with E-state index in [-0.39, 0.29) is 5.82 Å². The molecule has 0 spiro atoms. The third-order valence-electron chi connectivity index (χ3n) is 9.06. The molecular formula is C30H50FN. The molecule has 1 atom stereocenters. The first-order valence-electron chi connectivity index (χ1n) is 14.0. The van der Waals surface area contributed by atoms with Gasteiger partial charge >= 0.3 is 0 Å². The van der Waals surface area contributed by atoms with Crippen molar-refractivity contribution in [3.63, 3.8) is 0 Å². The third-order valence-corrected chi connectivity index (χ3v) is 9.06. The van der Waals surface area contributed by atoms with E-state index in [1.165, 1.54) is 82.6 Å². The highest BCUT2D eigenvalue weighted by atomic mass is 19.1. The van der Waals surface area contributed by atoms with Gasteiger partial charge in [-0.05, 0) is 112 Å². The maximum Gasteiger partial charge on any atom is 0.129 e. The molecule has 1 unspecified atom stereocenters. The van der Waals surface area contributed by atoms with Crippen molar-refractivity contribution in [2.75, 3.05) is 7.05 Å². The zero-order valence-electron chi connectivity index (χ0n) is 21.5. The van der Waals surface area contributed by atoms with Gasteiger partial charge in [-0.3, -0.25) is 0 Å². The fourth-order valence-electron chi connectivity index (χ4n) is 6.64. The summed E-state index contributed by atoms with van der Waals surface area (Å²) in [5, 5.41) is 3.47. The number of hydrogen-bond acceptors (Lipinski definition) is 1. The molecule has 2 aliphatic rings. The largest absolute Gasteiger partial charge is 0.317 e. The first-order valence-corrected chi connectivity index (χ1v) is 14.0. The highest BCUT2D eigenvalue weighted by Crippen LogP contribution is 2.36. The molecule has 0 bridgehead atoms. The van der Waals surface area contributed by atoms with Gasteiger partial charge in [0, 0.05) is 6.04 Å². The monoisotopic (exact) mass is 443 g/mol. The second kappa shape index (κ2) is 13.1. The Bertz CT molecular complexity index is 668. The van der Waals surface area contributed by atoms with Crippen LogP contribution in [0.2, 0.25) is 0 Å². The van der Waals surface area contributed by atoms with E-state index >= 15 is 4.39 Å². The van der Waals surface area contributed by atoms with Crippen LogP contribution in [0.25, 0.3) is 0 Å². The molecule has 1 N–H and O–H groups in total. The maximum atomic E-state index is 15.1. The molecule has 0 saturated heterocycles. The van der Waals surface area contributed by atoms with E-state index in [2.05, 4.69) is 38.3 Å². The molecule has 1 aromatic carbocycles. The van der Waals surface area contributed by atoms with Crippen LogP contribution in [0, 0.1) is 36.4 Å². The van der Waals surface area contributed by atoms with Gasteiger partial charge in [0.25, 0.3) is 0 Å². The van der Waals surface area contributed by atoms with Gasteiger partial charge in [0.15, 0.2) is 0 Å². The van der Waals surface area contributed by atoms with E-state index in [0.29, 0.717) is 0 Å². The minimum atomic E-state index is 0.0853. The van der Waals surface area contributed by atoms with Crippen LogP contribution in [0.3, 0.4) is 0 Å². The van der Waals surface area contributed by atoms with Gasteiger partial charge in [-0.1, -0.05) is 64.5 Å². The summed E-state index contributed by atoms with van der Waals surface area (Å²) in [6, 6.07) is 5.08. The van der Waals surface area contributed by atoms with E-state index in [9.17, 15) is 0 Å². The van der Waals surface area contributed by atoms with Crippen molar-refractivity contribution in [1.82, 2.24) is 5.32 Å². The van der Waals surface area contributed by atoms with Gasteiger partial charge in [0.2, 0.25) is 0 Å². The second-order valence-electron chi connectivity index (χ2n) is 11.3. The second-order valence-corrected chi connectivity index (χ2v) is 11.3. The molecule has 2 fully saturated rings. The summed E-state index contributed by atoms with van der Waals surface area (Å²) in [5.74, 6) is 3.55. The van der Waals surface area contributed by atoms with Gasteiger partial charge in [-0.2, -0.15) is 0 Å². The molecular weight excluding hydrogens is 393 g/mol. The van der Waals surface area contributed by atoms with E-state index in [4.69, 9.17) is 0 Å². The SMILES string of the molecule is CCCC(CCCc1ccc(CCC2CCC(C)CC2)c(F)c1C)C1CCC(NC)CC1. The first kappa shape index (κ1) is 25.7. The molecule has 1 nitrogen and oxygen atoms in total. The van der Waals surface area contributed by atoms with E-state index < -0.39 is 0 Å². The van der Waals surface area contributed by atoms with Crippen LogP contribution in [0.4, 0.5) is 4.39 Å². The lowest BCUT2D eigenvalue weighted by Crippen LogP contribution is -2.32. The molecule has 3 rings (SSSR count). The standard InChI is InChI=1S/C30H50FN/c1-5-7-26(27-18-20-29(32-4)21-19-27)9-6-8-25-16-17-28(30(31)23(25)3)15-14-24-12-10-22(2)11-13-24/h16-17,22,24,26-27,29,32H,5-15,18-21H2,1-4H3. The van der Waals surface area contributed by atoms with Crippen molar-refractivity contribution in [3.8, 4) is 0 Å². The number of rotatable bonds is 11. The molecule has 1 aromatic rings. The molecule has 0 aliphatic heterocycles. The Morgan fingerprint density at radius 1 is 0.938 bits per heavy atom. The van der Waals surface area contributed by atoms with Gasteiger partial charge in [0.05, 0.1) is 0 Å². The lowest BCUT2D eigenvalue weighted by molar-refractivity contribution is 0.199. The van der Waals surface area contributed by atoms with Crippen LogP contribution in [0.5, 0.6) is 0 Å². The van der Waals surface area contributed by atoms with Crippen molar-refractivity contribution >= 4 is 0 Å². The van der Waals surface area contributed by atoms with Gasteiger partial charge in [0.1, 0.15) is 5.82 Å². The summed E-state index contributed by atoms with van der Waals surface area (Å²) in [6.45, 7) is 6.72. The fourth-order valence-corrected chi connectivity index (χ4v) is 6.64. The van der Waals surface area contributed by atoms with Gasteiger partial charge < -0.3 is 5.32 Å². The summed E-state index contributed by atoms with van der Waals surface area (Å²) >= 11 is 0. The van der Waals surface area contributed by atoms with Crippen LogP contribution < -0.4 is 5.32 Å². The normalized spacial score (nSPS) is 27.4. The molecule has 0 aromatic heterocycles. The molecule has 2 aliphatic carbocycles. The van der Waals surface area contributed by atoms with E-state index in [1.807, 2.05) is 6.92 Å². The fraction of sp³-hybridized carbons (Fsp3) is 0.800. The van der Waals surface area contributed by atoms with Crippen LogP contribution in [-0.4, -0.2) is 13.1 Å². The molecule has 2 heteroatoms. The molecule has 0 amide bonds. The Balaban J connectivity index is 1.48. The summed E-state index contributed by atoms with van der Waals surface area (Å²) in [5.41, 5.74) is 3.11. The van der Waals surface area contributed by atoms with Gasteiger partial charge in [-0.15, -0.1) is 0 Å². The van der Waals surface area contributed by atoms with Crippen molar-refractivity contribution < 1.29 is 4.39 Å². The smallest absolute Gasteiger partial charge is 0.129 e. The Morgan fingerprint density at radius 3 is 2.28 bits per heavy atom. The minimum Gasteiger partial charge on any atom is -0.317 e. The predicted molar refractivity (Wildman–Crippen MR) is 137 cm³/mol. The minimum absolute atomic E-state index is 0.0853.